The smallest absolute Gasteiger partial charge is 0.386 e. The number of nitrogens with zero attached hydrogens (tertiary/aromatic N) is 2. The number of hydrogen-bond acceptors (Lipinski definition) is 6. The van der Waals surface area contributed by atoms with Crippen LogP contribution in [0.3, 0.4) is 0 Å². The first-order valence-corrected chi connectivity index (χ1v) is 9.90. The molecule has 0 aliphatic carbocycles. The first-order valence-electron chi connectivity index (χ1n) is 9.90. The monoisotopic (exact) mass is 486 g/mol. The number of carbonyl (C=O) groups excluding carboxylic acids is 2. The van der Waals surface area contributed by atoms with E-state index in [-0.39, 0.29) is 22.6 Å². The maximum Gasteiger partial charge on any atom is 0.416 e. The number of nitro groups is 1. The number of benzene rings is 3. The second-order valence-electron chi connectivity index (χ2n) is 7.02. The Kier molecular flexibility index (Phi) is 7.77. The number of alkyl halides is 3. The molecular formula is C23H17F3N4O5. The van der Waals surface area contributed by atoms with Crippen molar-refractivity contribution in [1.29, 1.82) is 0 Å². The molecule has 2 N–H and O–H groups in total. The molecule has 0 aliphatic rings. The summed E-state index contributed by atoms with van der Waals surface area (Å²) in [5.41, 5.74) is -0.302. The van der Waals surface area contributed by atoms with E-state index in [2.05, 4.69) is 15.8 Å². The number of amides is 2. The van der Waals surface area contributed by atoms with E-state index in [1.165, 1.54) is 60.8 Å². The minimum absolute atomic E-state index is 0.0331. The third kappa shape index (κ3) is 7.39. The first kappa shape index (κ1) is 24.9. The predicted molar refractivity (Wildman–Crippen MR) is 121 cm³/mol. The van der Waals surface area contributed by atoms with Crippen LogP contribution in [0, 0.1) is 10.1 Å². The number of nitro benzene ring substituents is 1. The number of halogens is 3. The third-order valence-electron chi connectivity index (χ3n) is 4.41. The largest absolute Gasteiger partial charge is 0.416 e. The number of nitrogens with one attached hydrogen (secondary N) is 2. The van der Waals surface area contributed by atoms with Crippen LogP contribution in [-0.4, -0.2) is 29.6 Å². The van der Waals surface area contributed by atoms with Gasteiger partial charge in [0.15, 0.2) is 6.61 Å². The van der Waals surface area contributed by atoms with Crippen molar-refractivity contribution in [1.82, 2.24) is 0 Å². The summed E-state index contributed by atoms with van der Waals surface area (Å²) in [7, 11) is 0. The van der Waals surface area contributed by atoms with Crippen LogP contribution in [0.25, 0.3) is 0 Å². The fraction of sp³-hybridized carbons (Fsp3) is 0.0870. The normalized spacial score (nSPS) is 11.2. The van der Waals surface area contributed by atoms with E-state index in [1.807, 2.05) is 0 Å². The molecule has 0 heterocycles. The van der Waals surface area contributed by atoms with Gasteiger partial charge in [-0.1, -0.05) is 29.4 Å². The average Bonchev–Trinajstić information content (AvgIpc) is 2.82. The zero-order valence-electron chi connectivity index (χ0n) is 17.8. The number of hydrogen-bond donors (Lipinski definition) is 2. The molecule has 0 bridgehead atoms. The summed E-state index contributed by atoms with van der Waals surface area (Å²) < 4.78 is 38.5. The van der Waals surface area contributed by atoms with Gasteiger partial charge < -0.3 is 15.5 Å². The molecule has 3 rings (SSSR count). The van der Waals surface area contributed by atoms with E-state index >= 15 is 0 Å². The van der Waals surface area contributed by atoms with Crippen molar-refractivity contribution in [2.75, 3.05) is 17.2 Å². The first-order chi connectivity index (χ1) is 16.6. The highest BCUT2D eigenvalue weighted by molar-refractivity contribution is 6.05. The molecule has 0 aliphatic heterocycles. The minimum Gasteiger partial charge on any atom is -0.386 e. The molecule has 0 fully saturated rings. The highest BCUT2D eigenvalue weighted by Gasteiger charge is 2.30. The summed E-state index contributed by atoms with van der Waals surface area (Å²) in [6.45, 7) is -0.480. The van der Waals surface area contributed by atoms with Gasteiger partial charge in [-0.3, -0.25) is 19.7 Å². The van der Waals surface area contributed by atoms with Gasteiger partial charge in [0, 0.05) is 34.6 Å². The zero-order valence-corrected chi connectivity index (χ0v) is 17.8. The predicted octanol–water partition coefficient (Wildman–Crippen LogP) is 4.86. The Morgan fingerprint density at radius 2 is 1.66 bits per heavy atom. The Morgan fingerprint density at radius 1 is 0.971 bits per heavy atom. The summed E-state index contributed by atoms with van der Waals surface area (Å²) in [4.78, 5) is 39.6. The van der Waals surface area contributed by atoms with Gasteiger partial charge in [0.2, 0.25) is 0 Å². The van der Waals surface area contributed by atoms with Crippen LogP contribution in [0.15, 0.2) is 78.0 Å². The van der Waals surface area contributed by atoms with Gasteiger partial charge in [0.05, 0.1) is 16.7 Å². The Balaban J connectivity index is 1.55. The number of oxime groups is 1. The molecule has 0 aromatic heterocycles. The average molecular weight is 486 g/mol. The molecule has 0 saturated carbocycles. The SMILES string of the molecule is O=C(CON=Cc1cccc([N+](=O)[O-])c1)Nc1cccc(C(=O)Nc2cccc(C(F)(F)F)c2)c1. The second kappa shape index (κ2) is 10.9. The van der Waals surface area contributed by atoms with Crippen LogP contribution < -0.4 is 10.6 Å². The lowest BCUT2D eigenvalue weighted by molar-refractivity contribution is -0.384. The fourth-order valence-corrected chi connectivity index (χ4v) is 2.82. The van der Waals surface area contributed by atoms with E-state index < -0.39 is 35.1 Å². The van der Waals surface area contributed by atoms with Crippen molar-refractivity contribution >= 4 is 35.1 Å². The number of rotatable bonds is 8. The van der Waals surface area contributed by atoms with E-state index in [9.17, 15) is 32.9 Å². The number of anilines is 2. The molecule has 35 heavy (non-hydrogen) atoms. The Morgan fingerprint density at radius 3 is 2.37 bits per heavy atom. The van der Waals surface area contributed by atoms with E-state index in [0.717, 1.165) is 12.1 Å². The van der Waals surface area contributed by atoms with Crippen molar-refractivity contribution in [3.05, 3.63) is 99.6 Å². The molecule has 3 aromatic rings. The summed E-state index contributed by atoms with van der Waals surface area (Å²) >= 11 is 0. The lowest BCUT2D eigenvalue weighted by Crippen LogP contribution is -2.18. The Hall–Kier alpha value is -4.74. The van der Waals surface area contributed by atoms with Crippen LogP contribution in [0.5, 0.6) is 0 Å². The standard InChI is InChI=1S/C23H17F3N4O5/c24-23(25,26)17-6-3-8-19(12-17)29-22(32)16-5-2-7-18(11-16)28-21(31)14-35-27-13-15-4-1-9-20(10-15)30(33)34/h1-13H,14H2,(H,28,31)(H,29,32). The lowest BCUT2D eigenvalue weighted by Gasteiger charge is -2.11. The van der Waals surface area contributed by atoms with Crippen molar-refractivity contribution in [3.8, 4) is 0 Å². The fourth-order valence-electron chi connectivity index (χ4n) is 2.82. The van der Waals surface area contributed by atoms with Gasteiger partial charge in [-0.15, -0.1) is 0 Å². The van der Waals surface area contributed by atoms with Crippen LogP contribution in [-0.2, 0) is 15.8 Å². The molecule has 2 amide bonds. The number of non-ortho nitro benzene ring substituents is 1. The number of carbonyl (C=O) groups is 2. The summed E-state index contributed by atoms with van der Waals surface area (Å²) in [6.07, 6.45) is -3.34. The molecule has 0 unspecified atom stereocenters. The van der Waals surface area contributed by atoms with Crippen molar-refractivity contribution in [2.24, 2.45) is 5.16 Å². The summed E-state index contributed by atoms with van der Waals surface area (Å²) in [5, 5.41) is 19.2. The van der Waals surface area contributed by atoms with E-state index in [4.69, 9.17) is 4.84 Å². The van der Waals surface area contributed by atoms with Crippen LogP contribution in [0.1, 0.15) is 21.5 Å². The third-order valence-corrected chi connectivity index (χ3v) is 4.41. The van der Waals surface area contributed by atoms with Gasteiger partial charge in [-0.2, -0.15) is 13.2 Å². The maximum absolute atomic E-state index is 12.8. The maximum atomic E-state index is 12.8. The molecule has 3 aromatic carbocycles. The van der Waals surface area contributed by atoms with Gasteiger partial charge in [0.25, 0.3) is 17.5 Å². The van der Waals surface area contributed by atoms with Gasteiger partial charge >= 0.3 is 6.18 Å². The topological polar surface area (TPSA) is 123 Å². The quantitative estimate of drug-likeness (QED) is 0.268. The molecule has 0 radical (unpaired) electrons. The molecule has 180 valence electrons. The zero-order chi connectivity index (χ0) is 25.4. The van der Waals surface area contributed by atoms with Gasteiger partial charge in [0.1, 0.15) is 0 Å². The minimum atomic E-state index is -4.55. The van der Waals surface area contributed by atoms with Crippen molar-refractivity contribution < 1.29 is 32.5 Å². The lowest BCUT2D eigenvalue weighted by atomic mass is 10.1. The van der Waals surface area contributed by atoms with Gasteiger partial charge in [-0.05, 0) is 36.4 Å². The molecular weight excluding hydrogens is 469 g/mol. The summed E-state index contributed by atoms with van der Waals surface area (Å²) in [6, 6.07) is 15.6. The van der Waals surface area contributed by atoms with Crippen molar-refractivity contribution in [3.63, 3.8) is 0 Å². The Bertz CT molecular complexity index is 1280. The van der Waals surface area contributed by atoms with Crippen LogP contribution in [0.4, 0.5) is 30.2 Å². The van der Waals surface area contributed by atoms with Gasteiger partial charge in [-0.25, -0.2) is 0 Å². The summed E-state index contributed by atoms with van der Waals surface area (Å²) in [5.74, 6) is -1.27. The molecule has 9 nitrogen and oxygen atoms in total. The highest BCUT2D eigenvalue weighted by Crippen LogP contribution is 2.30. The van der Waals surface area contributed by atoms with E-state index in [0.29, 0.717) is 5.56 Å². The Labute approximate surface area is 196 Å². The van der Waals surface area contributed by atoms with Crippen LogP contribution >= 0.6 is 0 Å². The molecule has 0 atom stereocenters. The van der Waals surface area contributed by atoms with Crippen molar-refractivity contribution in [2.45, 2.75) is 6.18 Å². The van der Waals surface area contributed by atoms with Crippen LogP contribution in [0.2, 0.25) is 0 Å². The highest BCUT2D eigenvalue weighted by atomic mass is 19.4. The van der Waals surface area contributed by atoms with E-state index in [1.54, 1.807) is 6.07 Å². The molecule has 0 spiro atoms. The molecule has 0 saturated heterocycles. The second-order valence-corrected chi connectivity index (χ2v) is 7.02. The molecule has 12 heteroatoms.